The number of aliphatic carboxylic acids is 1. The van der Waals surface area contributed by atoms with Crippen LogP contribution in [0.25, 0.3) is 0 Å². The number of hydrogen-bond donors (Lipinski definition) is 2. The van der Waals surface area contributed by atoms with Crippen LogP contribution in [0.15, 0.2) is 11.6 Å². The van der Waals surface area contributed by atoms with Gasteiger partial charge in [-0.3, -0.25) is 0 Å². The van der Waals surface area contributed by atoms with E-state index in [1.54, 1.807) is 0 Å². The zero-order valence-electron chi connectivity index (χ0n) is 4.16. The Hall–Kier alpha value is -0.830. The summed E-state index contributed by atoms with van der Waals surface area (Å²) in [5.41, 5.74) is 0.317. The molecule has 1 rings (SSSR count). The Kier molecular flexibility index (Phi) is 1.06. The van der Waals surface area contributed by atoms with Gasteiger partial charge in [-0.2, -0.15) is 0 Å². The maximum Gasteiger partial charge on any atom is 0.331 e. The van der Waals surface area contributed by atoms with Gasteiger partial charge in [-0.1, -0.05) is 0 Å². The largest absolute Gasteiger partial charge is 0.478 e. The smallest absolute Gasteiger partial charge is 0.331 e. The van der Waals surface area contributed by atoms with Gasteiger partial charge in [0.25, 0.3) is 0 Å². The van der Waals surface area contributed by atoms with E-state index in [1.807, 2.05) is 0 Å². The van der Waals surface area contributed by atoms with Gasteiger partial charge in [0.2, 0.25) is 0 Å². The quantitative estimate of drug-likeness (QED) is 0.494. The summed E-state index contributed by atoms with van der Waals surface area (Å²) in [7, 11) is 0. The van der Waals surface area contributed by atoms with Crippen molar-refractivity contribution < 1.29 is 15.0 Å². The molecule has 8 heavy (non-hydrogen) atoms. The first-order chi connectivity index (χ1) is 3.70. The monoisotopic (exact) mass is 114 g/mol. The highest BCUT2D eigenvalue weighted by atomic mass is 16.4. The molecule has 0 amide bonds. The van der Waals surface area contributed by atoms with Crippen molar-refractivity contribution >= 4 is 5.97 Å². The zero-order valence-corrected chi connectivity index (χ0v) is 4.16. The normalized spacial score (nSPS) is 26.1. The predicted octanol–water partition coefficient (Wildman–Crippen LogP) is -0.238. The summed E-state index contributed by atoms with van der Waals surface area (Å²) >= 11 is 0. The average molecular weight is 114 g/mol. The van der Waals surface area contributed by atoms with Gasteiger partial charge >= 0.3 is 5.97 Å². The Morgan fingerprint density at radius 1 is 1.88 bits per heavy atom. The summed E-state index contributed by atoms with van der Waals surface area (Å²) in [5, 5.41) is 16.7. The Morgan fingerprint density at radius 2 is 2.38 bits per heavy atom. The van der Waals surface area contributed by atoms with Gasteiger partial charge in [0.1, 0.15) is 0 Å². The molecule has 1 aliphatic rings. The van der Waals surface area contributed by atoms with Crippen LogP contribution in [0.1, 0.15) is 6.42 Å². The molecule has 0 heterocycles. The summed E-state index contributed by atoms with van der Waals surface area (Å²) in [6.07, 6.45) is 1.12. The molecule has 0 aromatic heterocycles. The van der Waals surface area contributed by atoms with E-state index in [-0.39, 0.29) is 0 Å². The van der Waals surface area contributed by atoms with Crippen LogP contribution in [0, 0.1) is 0 Å². The van der Waals surface area contributed by atoms with Crippen molar-refractivity contribution in [3.63, 3.8) is 0 Å². The minimum absolute atomic E-state index is 0.301. The fraction of sp³-hybridized carbons (Fsp3) is 0.400. The van der Waals surface area contributed by atoms with Crippen molar-refractivity contribution in [2.75, 3.05) is 0 Å². The van der Waals surface area contributed by atoms with Crippen molar-refractivity contribution in [1.29, 1.82) is 0 Å². The van der Waals surface area contributed by atoms with Gasteiger partial charge in [-0.15, -0.1) is 0 Å². The van der Waals surface area contributed by atoms with Crippen LogP contribution in [0.4, 0.5) is 0 Å². The lowest BCUT2D eigenvalue weighted by molar-refractivity contribution is -0.133. The standard InChI is InChI=1S/C5H6O3/c6-4-1-3(2-4)5(7)8/h1,4,6H,2H2,(H,7,8). The first-order valence-electron chi connectivity index (χ1n) is 2.32. The molecule has 0 bridgehead atoms. The van der Waals surface area contributed by atoms with Crippen molar-refractivity contribution in [2.24, 2.45) is 0 Å². The fourth-order valence-electron chi connectivity index (χ4n) is 0.583. The number of carboxylic acid groups (broad SMARTS) is 1. The van der Waals surface area contributed by atoms with Gasteiger partial charge in [0, 0.05) is 12.0 Å². The molecule has 0 saturated heterocycles. The van der Waals surface area contributed by atoms with E-state index in [4.69, 9.17) is 10.2 Å². The second-order valence-corrected chi connectivity index (χ2v) is 1.77. The number of carbonyl (C=O) groups is 1. The van der Waals surface area contributed by atoms with Gasteiger partial charge in [0.05, 0.1) is 6.10 Å². The molecule has 1 unspecified atom stereocenters. The van der Waals surface area contributed by atoms with E-state index < -0.39 is 12.1 Å². The molecular weight excluding hydrogens is 108 g/mol. The third-order valence-electron chi connectivity index (χ3n) is 1.10. The number of aliphatic hydroxyl groups is 1. The molecular formula is C5H6O3. The molecule has 0 aromatic carbocycles. The van der Waals surface area contributed by atoms with Crippen LogP contribution in [-0.2, 0) is 4.79 Å². The summed E-state index contributed by atoms with van der Waals surface area (Å²) in [5.74, 6) is -0.921. The summed E-state index contributed by atoms with van der Waals surface area (Å²) in [4.78, 5) is 9.95. The van der Waals surface area contributed by atoms with Crippen LogP contribution in [0.2, 0.25) is 0 Å². The molecule has 2 N–H and O–H groups in total. The third kappa shape index (κ3) is 0.721. The highest BCUT2D eigenvalue weighted by Gasteiger charge is 2.20. The molecule has 0 fully saturated rings. The number of carboxylic acids is 1. The summed E-state index contributed by atoms with van der Waals surface area (Å²) in [6.45, 7) is 0. The minimum atomic E-state index is -0.921. The molecule has 0 spiro atoms. The van der Waals surface area contributed by atoms with E-state index in [1.165, 1.54) is 6.08 Å². The maximum atomic E-state index is 9.95. The van der Waals surface area contributed by atoms with E-state index in [9.17, 15) is 4.79 Å². The topological polar surface area (TPSA) is 57.5 Å². The molecule has 0 saturated carbocycles. The van der Waals surface area contributed by atoms with Gasteiger partial charge < -0.3 is 10.2 Å². The molecule has 1 aliphatic carbocycles. The van der Waals surface area contributed by atoms with Crippen LogP contribution in [0.5, 0.6) is 0 Å². The van der Waals surface area contributed by atoms with Crippen molar-refractivity contribution in [1.82, 2.24) is 0 Å². The van der Waals surface area contributed by atoms with Gasteiger partial charge in [-0.25, -0.2) is 4.79 Å². The van der Waals surface area contributed by atoms with Crippen molar-refractivity contribution in [3.05, 3.63) is 11.6 Å². The lowest BCUT2D eigenvalue weighted by Crippen LogP contribution is -2.20. The van der Waals surface area contributed by atoms with E-state index in [0.717, 1.165) is 0 Å². The number of rotatable bonds is 1. The number of hydrogen-bond acceptors (Lipinski definition) is 2. The molecule has 1 atom stereocenters. The van der Waals surface area contributed by atoms with Crippen molar-refractivity contribution in [3.8, 4) is 0 Å². The number of aliphatic hydroxyl groups excluding tert-OH is 1. The van der Waals surface area contributed by atoms with Crippen molar-refractivity contribution in [2.45, 2.75) is 12.5 Å². The first kappa shape index (κ1) is 5.31. The fourth-order valence-corrected chi connectivity index (χ4v) is 0.583. The Labute approximate surface area is 46.3 Å². The maximum absolute atomic E-state index is 9.95. The Morgan fingerprint density at radius 3 is 2.50 bits per heavy atom. The van der Waals surface area contributed by atoms with E-state index in [2.05, 4.69) is 0 Å². The molecule has 3 heteroatoms. The molecule has 44 valence electrons. The average Bonchev–Trinajstić information content (AvgIpc) is 1.57. The second kappa shape index (κ2) is 1.59. The predicted molar refractivity (Wildman–Crippen MR) is 26.3 cm³/mol. The SMILES string of the molecule is O=C(O)C1=CC(O)C1. The summed E-state index contributed by atoms with van der Waals surface area (Å²) < 4.78 is 0. The highest BCUT2D eigenvalue weighted by Crippen LogP contribution is 2.17. The Balaban J connectivity index is 2.54. The molecule has 0 aliphatic heterocycles. The van der Waals surface area contributed by atoms with Gasteiger partial charge in [0.15, 0.2) is 0 Å². The van der Waals surface area contributed by atoms with E-state index in [0.29, 0.717) is 12.0 Å². The van der Waals surface area contributed by atoms with Crippen LogP contribution < -0.4 is 0 Å². The van der Waals surface area contributed by atoms with Crippen LogP contribution in [-0.4, -0.2) is 22.3 Å². The molecule has 0 aromatic rings. The van der Waals surface area contributed by atoms with Crippen LogP contribution in [0.3, 0.4) is 0 Å². The lowest BCUT2D eigenvalue weighted by Gasteiger charge is -2.15. The van der Waals surface area contributed by atoms with Gasteiger partial charge in [-0.05, 0) is 6.08 Å². The first-order valence-corrected chi connectivity index (χ1v) is 2.32. The molecule has 3 nitrogen and oxygen atoms in total. The minimum Gasteiger partial charge on any atom is -0.478 e. The second-order valence-electron chi connectivity index (χ2n) is 1.77. The zero-order chi connectivity index (χ0) is 6.15. The summed E-state index contributed by atoms with van der Waals surface area (Å²) in [6, 6.07) is 0. The lowest BCUT2D eigenvalue weighted by atomic mass is 9.96. The molecule has 0 radical (unpaired) electrons. The third-order valence-corrected chi connectivity index (χ3v) is 1.10. The van der Waals surface area contributed by atoms with E-state index >= 15 is 0 Å². The Bertz CT molecular complexity index is 148. The highest BCUT2D eigenvalue weighted by molar-refractivity contribution is 5.88. The van der Waals surface area contributed by atoms with Crippen LogP contribution >= 0.6 is 0 Å².